The van der Waals surface area contributed by atoms with Gasteiger partial charge in [0.15, 0.2) is 0 Å². The number of nitrogens with two attached hydrogens (primary N) is 1. The maximum absolute atomic E-state index is 9.37. The van der Waals surface area contributed by atoms with Crippen LogP contribution in [0, 0.1) is 6.92 Å². The molecule has 3 heteroatoms. The van der Waals surface area contributed by atoms with Crippen LogP contribution in [0.4, 0.5) is 5.69 Å². The second-order valence-electron chi connectivity index (χ2n) is 6.20. The van der Waals surface area contributed by atoms with Gasteiger partial charge in [0.1, 0.15) is 0 Å². The molecule has 1 aromatic carbocycles. The number of rotatable bonds is 6. The molecule has 1 atom stereocenters. The first-order chi connectivity index (χ1) is 9.58. The minimum Gasteiger partial charge on any atom is -0.394 e. The minimum atomic E-state index is -0.397. The van der Waals surface area contributed by atoms with Gasteiger partial charge in [-0.1, -0.05) is 24.6 Å². The van der Waals surface area contributed by atoms with Gasteiger partial charge in [-0.2, -0.15) is 0 Å². The van der Waals surface area contributed by atoms with E-state index in [4.69, 9.17) is 5.73 Å². The van der Waals surface area contributed by atoms with E-state index in [1.807, 2.05) is 0 Å². The molecule has 0 aromatic heterocycles. The highest BCUT2D eigenvalue weighted by atomic mass is 16.3. The number of aryl methyl sites for hydroxylation is 2. The van der Waals surface area contributed by atoms with Crippen molar-refractivity contribution >= 4 is 5.69 Å². The molecule has 3 nitrogen and oxygen atoms in total. The van der Waals surface area contributed by atoms with Crippen LogP contribution in [0.3, 0.4) is 0 Å². The zero-order chi connectivity index (χ0) is 14.6. The number of fused-ring (bicyclic) bond motifs is 1. The van der Waals surface area contributed by atoms with E-state index in [0.717, 1.165) is 32.4 Å². The summed E-state index contributed by atoms with van der Waals surface area (Å²) in [6.07, 6.45) is 5.19. The lowest BCUT2D eigenvalue weighted by molar-refractivity contribution is 0.180. The Balaban J connectivity index is 1.95. The van der Waals surface area contributed by atoms with Crippen LogP contribution in [0.25, 0.3) is 0 Å². The third-order valence-electron chi connectivity index (χ3n) is 4.57. The highest BCUT2D eigenvalue weighted by Crippen LogP contribution is 2.28. The highest BCUT2D eigenvalue weighted by molar-refractivity contribution is 5.56. The van der Waals surface area contributed by atoms with Crippen LogP contribution < -0.4 is 10.6 Å². The molecule has 1 aliphatic rings. The normalized spacial score (nSPS) is 17.7. The molecule has 3 N–H and O–H groups in total. The van der Waals surface area contributed by atoms with Gasteiger partial charge in [-0.25, -0.2) is 0 Å². The number of anilines is 1. The average molecular weight is 276 g/mol. The van der Waals surface area contributed by atoms with Crippen LogP contribution in [-0.4, -0.2) is 30.3 Å². The number of hydrogen-bond acceptors (Lipinski definition) is 3. The van der Waals surface area contributed by atoms with Crippen LogP contribution >= 0.6 is 0 Å². The van der Waals surface area contributed by atoms with Crippen molar-refractivity contribution in [2.75, 3.05) is 24.6 Å². The summed E-state index contributed by atoms with van der Waals surface area (Å²) in [4.78, 5) is 2.48. The molecule has 112 valence electrons. The quantitative estimate of drug-likeness (QED) is 0.840. The molecule has 20 heavy (non-hydrogen) atoms. The maximum Gasteiger partial charge on any atom is 0.0611 e. The number of hydrogen-bond donors (Lipinski definition) is 2. The van der Waals surface area contributed by atoms with Gasteiger partial charge in [-0.05, 0) is 50.7 Å². The first kappa shape index (κ1) is 15.3. The maximum atomic E-state index is 9.37. The Morgan fingerprint density at radius 3 is 2.90 bits per heavy atom. The number of aliphatic hydroxyl groups excluding tert-OH is 1. The summed E-state index contributed by atoms with van der Waals surface area (Å²) in [6, 6.07) is 6.77. The Morgan fingerprint density at radius 2 is 2.20 bits per heavy atom. The van der Waals surface area contributed by atoms with Crippen molar-refractivity contribution in [2.45, 2.75) is 51.5 Å². The van der Waals surface area contributed by atoms with Gasteiger partial charge in [0.25, 0.3) is 0 Å². The summed E-state index contributed by atoms with van der Waals surface area (Å²) in [5.74, 6) is 0. The summed E-state index contributed by atoms with van der Waals surface area (Å²) in [6.45, 7) is 6.47. The third-order valence-corrected chi connectivity index (χ3v) is 4.57. The zero-order valence-electron chi connectivity index (χ0n) is 12.9. The van der Waals surface area contributed by atoms with Crippen LogP contribution in [0.1, 0.15) is 43.7 Å². The van der Waals surface area contributed by atoms with Gasteiger partial charge in [-0.15, -0.1) is 0 Å². The van der Waals surface area contributed by atoms with E-state index >= 15 is 0 Å². The van der Waals surface area contributed by atoms with E-state index in [1.165, 1.54) is 29.7 Å². The second kappa shape index (κ2) is 6.59. The molecule has 0 radical (unpaired) electrons. The van der Waals surface area contributed by atoms with Crippen molar-refractivity contribution in [2.24, 2.45) is 5.73 Å². The fourth-order valence-electron chi connectivity index (χ4n) is 3.03. The van der Waals surface area contributed by atoms with Gasteiger partial charge >= 0.3 is 0 Å². The molecule has 1 unspecified atom stereocenters. The third kappa shape index (κ3) is 3.53. The van der Waals surface area contributed by atoms with Crippen molar-refractivity contribution in [1.29, 1.82) is 0 Å². The lowest BCUT2D eigenvalue weighted by Gasteiger charge is -2.33. The Labute approximate surface area is 122 Å². The van der Waals surface area contributed by atoms with Gasteiger partial charge in [-0.3, -0.25) is 0 Å². The molecular weight excluding hydrogens is 248 g/mol. The molecule has 0 aliphatic carbocycles. The van der Waals surface area contributed by atoms with Crippen LogP contribution in [0.15, 0.2) is 18.2 Å². The first-order valence-electron chi connectivity index (χ1n) is 7.82. The van der Waals surface area contributed by atoms with Gasteiger partial charge in [0.2, 0.25) is 0 Å². The Bertz CT molecular complexity index is 441. The Kier molecular flexibility index (Phi) is 5.06. The van der Waals surface area contributed by atoms with E-state index in [9.17, 15) is 5.11 Å². The topological polar surface area (TPSA) is 49.5 Å². The van der Waals surface area contributed by atoms with Crippen LogP contribution in [0.2, 0.25) is 0 Å². The summed E-state index contributed by atoms with van der Waals surface area (Å²) in [7, 11) is 0. The van der Waals surface area contributed by atoms with E-state index in [1.54, 1.807) is 0 Å². The minimum absolute atomic E-state index is 0.0826. The predicted molar refractivity (Wildman–Crippen MR) is 85.2 cm³/mol. The summed E-state index contributed by atoms with van der Waals surface area (Å²) in [5.41, 5.74) is 9.98. The lowest BCUT2D eigenvalue weighted by atomic mass is 9.92. The molecule has 2 rings (SSSR count). The number of aliphatic hydroxyl groups is 1. The Morgan fingerprint density at radius 1 is 1.40 bits per heavy atom. The summed E-state index contributed by atoms with van der Waals surface area (Å²) >= 11 is 0. The van der Waals surface area contributed by atoms with Gasteiger partial charge in [0, 0.05) is 24.3 Å². The van der Waals surface area contributed by atoms with E-state index in [-0.39, 0.29) is 6.61 Å². The van der Waals surface area contributed by atoms with Crippen LogP contribution in [0.5, 0.6) is 0 Å². The molecule has 0 bridgehead atoms. The lowest BCUT2D eigenvalue weighted by Crippen LogP contribution is -2.43. The number of nitrogens with zero attached hydrogens (tertiary/aromatic N) is 1. The standard InChI is InChI=1S/C17H28N2O/c1-3-17(18,13-20)9-5-11-19-10-4-6-15-12-14(2)7-8-16(15)19/h7-8,12,20H,3-6,9-11,13,18H2,1-2H3. The average Bonchev–Trinajstić information content (AvgIpc) is 2.47. The fraction of sp³-hybridized carbons (Fsp3) is 0.647. The van der Waals surface area contributed by atoms with E-state index in [2.05, 4.69) is 36.9 Å². The molecular formula is C17H28N2O. The molecule has 0 saturated carbocycles. The largest absolute Gasteiger partial charge is 0.394 e. The van der Waals surface area contributed by atoms with Crippen molar-refractivity contribution < 1.29 is 5.11 Å². The first-order valence-corrected chi connectivity index (χ1v) is 7.82. The molecule has 0 amide bonds. The summed E-state index contributed by atoms with van der Waals surface area (Å²) in [5, 5.41) is 9.37. The van der Waals surface area contributed by atoms with Gasteiger partial charge in [0.05, 0.1) is 6.61 Å². The van der Waals surface area contributed by atoms with Gasteiger partial charge < -0.3 is 15.7 Å². The molecule has 0 saturated heterocycles. The van der Waals surface area contributed by atoms with Crippen LogP contribution in [-0.2, 0) is 6.42 Å². The fourth-order valence-corrected chi connectivity index (χ4v) is 3.03. The van der Waals surface area contributed by atoms with E-state index < -0.39 is 5.54 Å². The van der Waals surface area contributed by atoms with Crippen molar-refractivity contribution in [3.63, 3.8) is 0 Å². The summed E-state index contributed by atoms with van der Waals surface area (Å²) < 4.78 is 0. The molecule has 1 heterocycles. The van der Waals surface area contributed by atoms with Crippen molar-refractivity contribution in [3.05, 3.63) is 29.3 Å². The Hall–Kier alpha value is -1.06. The van der Waals surface area contributed by atoms with Crippen molar-refractivity contribution in [1.82, 2.24) is 0 Å². The number of benzene rings is 1. The smallest absolute Gasteiger partial charge is 0.0611 e. The monoisotopic (exact) mass is 276 g/mol. The van der Waals surface area contributed by atoms with Crippen molar-refractivity contribution in [3.8, 4) is 0 Å². The SMILES string of the molecule is CCC(N)(CO)CCCN1CCCc2cc(C)ccc21. The molecule has 0 fully saturated rings. The molecule has 1 aromatic rings. The molecule has 1 aliphatic heterocycles. The highest BCUT2D eigenvalue weighted by Gasteiger charge is 2.22. The van der Waals surface area contributed by atoms with E-state index in [0.29, 0.717) is 0 Å². The molecule has 0 spiro atoms. The predicted octanol–water partition coefficient (Wildman–Crippen LogP) is 2.63. The second-order valence-corrected chi connectivity index (χ2v) is 6.20. The zero-order valence-corrected chi connectivity index (χ0v) is 12.9.